The van der Waals surface area contributed by atoms with Gasteiger partial charge in [-0.1, -0.05) is 6.07 Å². The number of carbonyl (C=O) groups excluding carboxylic acids is 2. The van der Waals surface area contributed by atoms with Crippen molar-refractivity contribution in [3.05, 3.63) is 53.1 Å². The number of carboxylic acid groups (broad SMARTS) is 1. The molecule has 0 radical (unpaired) electrons. The van der Waals surface area contributed by atoms with Crippen LogP contribution in [0.2, 0.25) is 0 Å². The summed E-state index contributed by atoms with van der Waals surface area (Å²) in [4.78, 5) is 44.0. The second-order valence-corrected chi connectivity index (χ2v) is 12.7. The van der Waals surface area contributed by atoms with Gasteiger partial charge >= 0.3 is 12.1 Å². The molecule has 3 heterocycles. The van der Waals surface area contributed by atoms with Crippen LogP contribution in [-0.4, -0.2) is 73.5 Å². The minimum atomic E-state index is -0.965. The Morgan fingerprint density at radius 1 is 1.16 bits per heavy atom. The molecule has 226 valence electrons. The van der Waals surface area contributed by atoms with Crippen LogP contribution in [-0.2, 0) is 24.8 Å². The van der Waals surface area contributed by atoms with Gasteiger partial charge in [0.25, 0.3) is 5.91 Å². The number of halogens is 1. The maximum atomic E-state index is 13.8. The standard InChI is InChI=1S/C32H36FN5O5/c1-32(2,3)43-31(42)34-22(15-33)17-37-10-9-19-11-26-24(14-23(19)29(37)39)35-28(36(26)4)27-12-20-7-8-21(30(40)41)13-25(20)38(27)16-18-5-6-18/h7-8,11-14,18,22H,5-6,9-10,15-17H2,1-4H3,(H,34,42)(H,40,41). The number of fused-ring (bicyclic) bond motifs is 3. The lowest BCUT2D eigenvalue weighted by Gasteiger charge is -2.31. The molecule has 2 aromatic heterocycles. The van der Waals surface area contributed by atoms with Crippen molar-refractivity contribution in [3.63, 3.8) is 0 Å². The Morgan fingerprint density at radius 3 is 2.60 bits per heavy atom. The van der Waals surface area contributed by atoms with Crippen molar-refractivity contribution in [2.24, 2.45) is 13.0 Å². The molecule has 1 atom stereocenters. The fourth-order valence-electron chi connectivity index (χ4n) is 5.82. The molecule has 2 aromatic carbocycles. The van der Waals surface area contributed by atoms with E-state index in [4.69, 9.17) is 9.72 Å². The molecule has 1 saturated carbocycles. The quantitative estimate of drug-likeness (QED) is 0.293. The van der Waals surface area contributed by atoms with Gasteiger partial charge in [0, 0.05) is 43.1 Å². The topological polar surface area (TPSA) is 119 Å². The maximum Gasteiger partial charge on any atom is 0.408 e. The number of aromatic carboxylic acids is 1. The molecule has 1 aliphatic heterocycles. The summed E-state index contributed by atoms with van der Waals surface area (Å²) in [6, 6.07) is 10.1. The van der Waals surface area contributed by atoms with Gasteiger partial charge in [-0.25, -0.2) is 19.0 Å². The predicted molar refractivity (Wildman–Crippen MR) is 160 cm³/mol. The minimum absolute atomic E-state index is 0.0269. The van der Waals surface area contributed by atoms with E-state index in [1.54, 1.807) is 43.9 Å². The van der Waals surface area contributed by atoms with E-state index in [9.17, 15) is 23.9 Å². The fraction of sp³-hybridized carbons (Fsp3) is 0.438. The molecule has 2 aliphatic rings. The average molecular weight is 590 g/mol. The number of nitrogens with one attached hydrogen (secondary N) is 1. The van der Waals surface area contributed by atoms with Crippen molar-refractivity contribution in [1.82, 2.24) is 24.3 Å². The van der Waals surface area contributed by atoms with Crippen LogP contribution in [0.1, 0.15) is 59.9 Å². The van der Waals surface area contributed by atoms with E-state index in [0.717, 1.165) is 52.9 Å². The van der Waals surface area contributed by atoms with Crippen molar-refractivity contribution < 1.29 is 28.6 Å². The summed E-state index contributed by atoms with van der Waals surface area (Å²) in [6.45, 7) is 5.56. The zero-order valence-corrected chi connectivity index (χ0v) is 24.8. The van der Waals surface area contributed by atoms with Crippen molar-refractivity contribution in [1.29, 1.82) is 0 Å². The molecule has 0 spiro atoms. The number of aromatic nitrogens is 3. The molecule has 6 rings (SSSR count). The van der Waals surface area contributed by atoms with Crippen molar-refractivity contribution in [2.45, 2.75) is 58.2 Å². The highest BCUT2D eigenvalue weighted by Gasteiger charge is 2.30. The number of benzene rings is 2. The predicted octanol–water partition coefficient (Wildman–Crippen LogP) is 5.16. The molecule has 1 unspecified atom stereocenters. The number of carboxylic acids is 1. The molecule has 1 fully saturated rings. The summed E-state index contributed by atoms with van der Waals surface area (Å²) < 4.78 is 23.3. The van der Waals surface area contributed by atoms with Crippen LogP contribution in [0.4, 0.5) is 9.18 Å². The van der Waals surface area contributed by atoms with E-state index in [1.807, 2.05) is 29.8 Å². The highest BCUT2D eigenvalue weighted by atomic mass is 19.1. The van der Waals surface area contributed by atoms with Gasteiger partial charge in [0.2, 0.25) is 0 Å². The largest absolute Gasteiger partial charge is 0.478 e. The molecule has 11 heteroatoms. The second kappa shape index (κ2) is 10.7. The number of carbonyl (C=O) groups is 3. The molecule has 43 heavy (non-hydrogen) atoms. The number of hydrogen-bond donors (Lipinski definition) is 2. The summed E-state index contributed by atoms with van der Waals surface area (Å²) in [6.07, 6.45) is 2.15. The SMILES string of the molecule is Cn1c(-c2cc3ccc(C(=O)O)cc3n2CC2CC2)nc2cc3c(cc21)CCN(CC(CF)NC(=O)OC(C)(C)C)C3=O. The van der Waals surface area contributed by atoms with E-state index < -0.39 is 30.4 Å². The van der Waals surface area contributed by atoms with Gasteiger partial charge < -0.3 is 29.2 Å². The van der Waals surface area contributed by atoms with E-state index in [2.05, 4.69) is 9.88 Å². The number of alkyl halides is 1. The number of alkyl carbamates (subject to hydrolysis) is 1. The van der Waals surface area contributed by atoms with Gasteiger partial charge in [0.1, 0.15) is 12.3 Å². The zero-order chi connectivity index (χ0) is 30.6. The normalized spacial score (nSPS) is 16.0. The van der Waals surface area contributed by atoms with E-state index in [1.165, 1.54) is 0 Å². The highest BCUT2D eigenvalue weighted by molar-refractivity contribution is 6.01. The Bertz CT molecular complexity index is 1760. The third-order valence-electron chi connectivity index (χ3n) is 8.14. The monoisotopic (exact) mass is 589 g/mol. The molecule has 0 saturated heterocycles. The lowest BCUT2D eigenvalue weighted by atomic mass is 9.97. The third kappa shape index (κ3) is 5.68. The Hall–Kier alpha value is -4.41. The van der Waals surface area contributed by atoms with Crippen molar-refractivity contribution in [3.8, 4) is 11.5 Å². The Labute approximate surface area is 248 Å². The lowest BCUT2D eigenvalue weighted by Crippen LogP contribution is -2.50. The number of aryl methyl sites for hydroxylation is 1. The second-order valence-electron chi connectivity index (χ2n) is 12.7. The van der Waals surface area contributed by atoms with Crippen LogP contribution in [0.15, 0.2) is 36.4 Å². The van der Waals surface area contributed by atoms with Crippen molar-refractivity contribution >= 4 is 39.9 Å². The highest BCUT2D eigenvalue weighted by Crippen LogP contribution is 2.37. The molecule has 4 aromatic rings. The average Bonchev–Trinajstić information content (AvgIpc) is 3.62. The number of rotatable bonds is 8. The fourth-order valence-corrected chi connectivity index (χ4v) is 5.82. The molecule has 0 bridgehead atoms. The van der Waals surface area contributed by atoms with Crippen LogP contribution in [0.3, 0.4) is 0 Å². The first-order chi connectivity index (χ1) is 20.4. The van der Waals surface area contributed by atoms with Gasteiger partial charge in [0.15, 0.2) is 5.82 Å². The first-order valence-corrected chi connectivity index (χ1v) is 14.6. The number of nitrogens with zero attached hydrogens (tertiary/aromatic N) is 4. The minimum Gasteiger partial charge on any atom is -0.478 e. The lowest BCUT2D eigenvalue weighted by molar-refractivity contribution is 0.0465. The molecular formula is C32H36FN5O5. The summed E-state index contributed by atoms with van der Waals surface area (Å²) in [5, 5.41) is 13.1. The summed E-state index contributed by atoms with van der Waals surface area (Å²) in [5.74, 6) is 0.0813. The van der Waals surface area contributed by atoms with Crippen molar-refractivity contribution in [2.75, 3.05) is 19.8 Å². The summed E-state index contributed by atoms with van der Waals surface area (Å²) in [5.41, 5.74) is 4.24. The van der Waals surface area contributed by atoms with Gasteiger partial charge in [-0.05, 0) is 81.8 Å². The number of imidazole rings is 1. The Morgan fingerprint density at radius 2 is 1.93 bits per heavy atom. The van der Waals surface area contributed by atoms with Gasteiger partial charge in [-0.15, -0.1) is 0 Å². The van der Waals surface area contributed by atoms with Gasteiger partial charge in [-0.2, -0.15) is 0 Å². The Balaban J connectivity index is 1.31. The molecule has 10 nitrogen and oxygen atoms in total. The summed E-state index contributed by atoms with van der Waals surface area (Å²) >= 11 is 0. The van der Waals surface area contributed by atoms with E-state index in [0.29, 0.717) is 30.0 Å². The van der Waals surface area contributed by atoms with Gasteiger partial charge in [-0.3, -0.25) is 4.79 Å². The molecule has 2 amide bonds. The maximum absolute atomic E-state index is 13.8. The van der Waals surface area contributed by atoms with Gasteiger partial charge in [0.05, 0.1) is 28.3 Å². The molecule has 2 N–H and O–H groups in total. The van der Waals surface area contributed by atoms with Crippen LogP contribution < -0.4 is 5.32 Å². The van der Waals surface area contributed by atoms with E-state index >= 15 is 0 Å². The van der Waals surface area contributed by atoms with Crippen LogP contribution >= 0.6 is 0 Å². The van der Waals surface area contributed by atoms with Crippen LogP contribution in [0.5, 0.6) is 0 Å². The first kappa shape index (κ1) is 28.7. The van der Waals surface area contributed by atoms with Crippen LogP contribution in [0, 0.1) is 5.92 Å². The van der Waals surface area contributed by atoms with E-state index in [-0.39, 0.29) is 18.0 Å². The third-order valence-corrected chi connectivity index (χ3v) is 8.14. The number of hydrogen-bond acceptors (Lipinski definition) is 5. The first-order valence-electron chi connectivity index (χ1n) is 14.6. The zero-order valence-electron chi connectivity index (χ0n) is 24.8. The summed E-state index contributed by atoms with van der Waals surface area (Å²) in [7, 11) is 1.95. The Kier molecular flexibility index (Phi) is 7.14. The molecule has 1 aliphatic carbocycles. The van der Waals surface area contributed by atoms with Crippen LogP contribution in [0.25, 0.3) is 33.5 Å². The number of amides is 2. The smallest absolute Gasteiger partial charge is 0.408 e. The molecular weight excluding hydrogens is 553 g/mol. The number of ether oxygens (including phenoxy) is 1.